The summed E-state index contributed by atoms with van der Waals surface area (Å²) in [5.74, 6) is 0.757. The van der Waals surface area contributed by atoms with Crippen molar-refractivity contribution in [2.75, 3.05) is 0 Å². The van der Waals surface area contributed by atoms with Crippen LogP contribution in [0, 0.1) is 6.92 Å². The number of Topliss-reactive ketones (excluding diaryl/α,β-unsaturated/α-hetero) is 1. The van der Waals surface area contributed by atoms with Crippen LogP contribution in [0.4, 0.5) is 0 Å². The molecule has 1 aromatic heterocycles. The Hall–Kier alpha value is -1.90. The minimum Gasteiger partial charge on any atom is -0.448 e. The Morgan fingerprint density at radius 1 is 1.41 bits per heavy atom. The first-order valence-electron chi connectivity index (χ1n) is 5.62. The zero-order chi connectivity index (χ0) is 12.3. The quantitative estimate of drug-likeness (QED) is 0.809. The van der Waals surface area contributed by atoms with Crippen LogP contribution < -0.4 is 0 Å². The Bertz CT molecular complexity index is 529. The highest BCUT2D eigenvalue weighted by Crippen LogP contribution is 2.11. The van der Waals surface area contributed by atoms with Gasteiger partial charge in [-0.2, -0.15) is 0 Å². The van der Waals surface area contributed by atoms with Crippen LogP contribution in [0.25, 0.3) is 0 Å². The molecular weight excluding hydrogens is 214 g/mol. The first kappa shape index (κ1) is 11.6. The number of rotatable bonds is 4. The van der Waals surface area contributed by atoms with Crippen LogP contribution in [0.15, 0.2) is 34.9 Å². The Balaban J connectivity index is 2.08. The van der Waals surface area contributed by atoms with Gasteiger partial charge in [0.05, 0.1) is 12.1 Å². The highest BCUT2D eigenvalue weighted by Gasteiger charge is 2.06. The molecule has 0 aliphatic heterocycles. The van der Waals surface area contributed by atoms with Crippen LogP contribution in [0.2, 0.25) is 0 Å². The minimum atomic E-state index is 0.0976. The summed E-state index contributed by atoms with van der Waals surface area (Å²) in [6.45, 7) is 3.61. The van der Waals surface area contributed by atoms with E-state index in [1.807, 2.05) is 12.1 Å². The van der Waals surface area contributed by atoms with Gasteiger partial charge in [-0.25, -0.2) is 4.98 Å². The van der Waals surface area contributed by atoms with Gasteiger partial charge in [0.25, 0.3) is 0 Å². The highest BCUT2D eigenvalue weighted by molar-refractivity contribution is 5.77. The lowest BCUT2D eigenvalue weighted by Crippen LogP contribution is -1.97. The van der Waals surface area contributed by atoms with Crippen LogP contribution >= 0.6 is 0 Å². The molecule has 0 N–H and O–H groups in total. The SMILES string of the molecule is CC(=O)Cc1coc(Cc2cccc(C)c2)n1. The lowest BCUT2D eigenvalue weighted by atomic mass is 10.1. The van der Waals surface area contributed by atoms with Crippen LogP contribution in [0.3, 0.4) is 0 Å². The van der Waals surface area contributed by atoms with E-state index in [1.54, 1.807) is 13.2 Å². The smallest absolute Gasteiger partial charge is 0.198 e. The first-order chi connectivity index (χ1) is 8.13. The van der Waals surface area contributed by atoms with Crippen LogP contribution in [-0.2, 0) is 17.6 Å². The molecule has 3 nitrogen and oxygen atoms in total. The summed E-state index contributed by atoms with van der Waals surface area (Å²) in [4.78, 5) is 15.2. The molecule has 0 bridgehead atoms. The Kier molecular flexibility index (Phi) is 3.38. The van der Waals surface area contributed by atoms with E-state index in [9.17, 15) is 4.79 Å². The molecule has 17 heavy (non-hydrogen) atoms. The lowest BCUT2D eigenvalue weighted by Gasteiger charge is -1.98. The number of nitrogens with zero attached hydrogens (tertiary/aromatic N) is 1. The molecule has 0 atom stereocenters. The Morgan fingerprint density at radius 2 is 2.24 bits per heavy atom. The fourth-order valence-electron chi connectivity index (χ4n) is 1.76. The van der Waals surface area contributed by atoms with Crippen molar-refractivity contribution in [3.8, 4) is 0 Å². The maximum atomic E-state index is 10.9. The predicted molar refractivity (Wildman–Crippen MR) is 64.9 cm³/mol. The molecule has 0 aliphatic rings. The second kappa shape index (κ2) is 4.95. The molecule has 0 amide bonds. The first-order valence-corrected chi connectivity index (χ1v) is 5.62. The van der Waals surface area contributed by atoms with Crippen molar-refractivity contribution in [1.82, 2.24) is 4.98 Å². The van der Waals surface area contributed by atoms with Gasteiger partial charge in [0, 0.05) is 6.42 Å². The number of hydrogen-bond donors (Lipinski definition) is 0. The number of benzene rings is 1. The van der Waals surface area contributed by atoms with Crippen LogP contribution in [-0.4, -0.2) is 10.8 Å². The number of carbonyl (C=O) groups excluding carboxylic acids is 1. The van der Waals surface area contributed by atoms with Gasteiger partial charge < -0.3 is 4.42 Å². The average molecular weight is 229 g/mol. The maximum Gasteiger partial charge on any atom is 0.198 e. The third-order valence-corrected chi connectivity index (χ3v) is 2.47. The van der Waals surface area contributed by atoms with E-state index in [4.69, 9.17) is 4.42 Å². The van der Waals surface area contributed by atoms with E-state index >= 15 is 0 Å². The molecular formula is C14H15NO2. The third kappa shape index (κ3) is 3.28. The maximum absolute atomic E-state index is 10.9. The second-order valence-corrected chi connectivity index (χ2v) is 4.28. The van der Waals surface area contributed by atoms with Crippen molar-refractivity contribution in [3.05, 3.63) is 53.2 Å². The fourth-order valence-corrected chi connectivity index (χ4v) is 1.76. The van der Waals surface area contributed by atoms with E-state index in [1.165, 1.54) is 11.1 Å². The summed E-state index contributed by atoms with van der Waals surface area (Å²) in [6.07, 6.45) is 2.57. The number of ketones is 1. The summed E-state index contributed by atoms with van der Waals surface area (Å²) in [5, 5.41) is 0. The minimum absolute atomic E-state index is 0.0976. The van der Waals surface area contributed by atoms with Gasteiger partial charge in [-0.05, 0) is 19.4 Å². The molecule has 0 fully saturated rings. The number of aromatic nitrogens is 1. The van der Waals surface area contributed by atoms with Gasteiger partial charge in [-0.15, -0.1) is 0 Å². The van der Waals surface area contributed by atoms with Gasteiger partial charge in [0.15, 0.2) is 5.89 Å². The number of carbonyl (C=O) groups is 1. The van der Waals surface area contributed by atoms with Crippen molar-refractivity contribution in [2.24, 2.45) is 0 Å². The van der Waals surface area contributed by atoms with Crippen LogP contribution in [0.1, 0.15) is 29.6 Å². The normalized spacial score (nSPS) is 10.5. The summed E-state index contributed by atoms with van der Waals surface area (Å²) in [6, 6.07) is 8.22. The molecule has 0 saturated carbocycles. The summed E-state index contributed by atoms with van der Waals surface area (Å²) in [7, 11) is 0. The lowest BCUT2D eigenvalue weighted by molar-refractivity contribution is -0.116. The molecule has 0 saturated heterocycles. The molecule has 0 aliphatic carbocycles. The fraction of sp³-hybridized carbons (Fsp3) is 0.286. The summed E-state index contributed by atoms with van der Waals surface area (Å²) >= 11 is 0. The van der Waals surface area contributed by atoms with Gasteiger partial charge in [-0.3, -0.25) is 4.79 Å². The van der Waals surface area contributed by atoms with Gasteiger partial charge >= 0.3 is 0 Å². The predicted octanol–water partition coefficient (Wildman–Crippen LogP) is 2.71. The third-order valence-electron chi connectivity index (χ3n) is 2.47. The van der Waals surface area contributed by atoms with Crippen molar-refractivity contribution in [3.63, 3.8) is 0 Å². The second-order valence-electron chi connectivity index (χ2n) is 4.28. The van der Waals surface area contributed by atoms with E-state index in [0.29, 0.717) is 24.4 Å². The van der Waals surface area contributed by atoms with E-state index in [-0.39, 0.29) is 5.78 Å². The van der Waals surface area contributed by atoms with Crippen molar-refractivity contribution >= 4 is 5.78 Å². The van der Waals surface area contributed by atoms with Crippen molar-refractivity contribution in [1.29, 1.82) is 0 Å². The molecule has 0 unspecified atom stereocenters. The number of aryl methyl sites for hydroxylation is 1. The zero-order valence-corrected chi connectivity index (χ0v) is 10.1. The van der Waals surface area contributed by atoms with E-state index < -0.39 is 0 Å². The van der Waals surface area contributed by atoms with Crippen molar-refractivity contribution < 1.29 is 9.21 Å². The topological polar surface area (TPSA) is 43.1 Å². The Labute approximate surface area is 100 Å². The largest absolute Gasteiger partial charge is 0.448 e. The molecule has 2 aromatic rings. The summed E-state index contributed by atoms with van der Waals surface area (Å²) < 4.78 is 5.35. The van der Waals surface area contributed by atoms with Gasteiger partial charge in [-0.1, -0.05) is 29.8 Å². The van der Waals surface area contributed by atoms with Gasteiger partial charge in [0.1, 0.15) is 12.0 Å². The standard InChI is InChI=1S/C14H15NO2/c1-10-4-3-5-12(6-10)8-14-15-13(9-17-14)7-11(2)16/h3-6,9H,7-8H2,1-2H3. The molecule has 0 spiro atoms. The van der Waals surface area contributed by atoms with E-state index in [0.717, 1.165) is 0 Å². The average Bonchev–Trinajstić information content (AvgIpc) is 2.64. The molecule has 1 heterocycles. The number of hydrogen-bond acceptors (Lipinski definition) is 3. The highest BCUT2D eigenvalue weighted by atomic mass is 16.3. The monoisotopic (exact) mass is 229 g/mol. The molecule has 1 aromatic carbocycles. The van der Waals surface area contributed by atoms with Crippen molar-refractivity contribution in [2.45, 2.75) is 26.7 Å². The number of oxazole rings is 1. The summed E-state index contributed by atoms with van der Waals surface area (Å²) in [5.41, 5.74) is 3.10. The molecule has 3 heteroatoms. The molecule has 88 valence electrons. The van der Waals surface area contributed by atoms with Crippen LogP contribution in [0.5, 0.6) is 0 Å². The molecule has 2 rings (SSSR count). The zero-order valence-electron chi connectivity index (χ0n) is 10.1. The van der Waals surface area contributed by atoms with E-state index in [2.05, 4.69) is 24.0 Å². The molecule has 0 radical (unpaired) electrons. The van der Waals surface area contributed by atoms with Gasteiger partial charge in [0.2, 0.25) is 0 Å². The Morgan fingerprint density at radius 3 is 2.94 bits per heavy atom.